The highest BCUT2D eigenvalue weighted by Crippen LogP contribution is 2.37. The minimum Gasteiger partial charge on any atom is -0.494 e. The van der Waals surface area contributed by atoms with Gasteiger partial charge < -0.3 is 15.6 Å². The maximum absolute atomic E-state index is 11.9. The number of ether oxygens (including phenoxy) is 1. The summed E-state index contributed by atoms with van der Waals surface area (Å²) in [6.07, 6.45) is 1.75. The van der Waals surface area contributed by atoms with Gasteiger partial charge in [-0.2, -0.15) is 0 Å². The molecule has 0 saturated heterocycles. The van der Waals surface area contributed by atoms with Crippen LogP contribution in [0.1, 0.15) is 33.6 Å². The third kappa shape index (κ3) is 1.95. The fourth-order valence-electron chi connectivity index (χ4n) is 1.77. The molecular weight excluding hydrogens is 222 g/mol. The van der Waals surface area contributed by atoms with Crippen molar-refractivity contribution >= 4 is 17.4 Å². The smallest absolute Gasteiger partial charge is 0.339 e. The van der Waals surface area contributed by atoms with E-state index >= 15 is 0 Å². The van der Waals surface area contributed by atoms with Gasteiger partial charge in [-0.3, -0.25) is 4.79 Å². The number of hydrogen-bond acceptors (Lipinski definition) is 4. The Balaban J connectivity index is 2.49. The molecule has 90 valence electrons. The number of ketones is 1. The number of carbonyl (C=O) groups excluding carboxylic acids is 1. The largest absolute Gasteiger partial charge is 0.494 e. The van der Waals surface area contributed by atoms with E-state index in [2.05, 4.69) is 0 Å². The standard InChI is InChI=1S/C12H13NO4/c1-17-11-8(12(15)16)5-4-7(9(11)13)10(14)6-2-3-6/h4-6H,2-3,13H2,1H3,(H,15,16). The molecular formula is C12H13NO4. The molecule has 17 heavy (non-hydrogen) atoms. The zero-order valence-corrected chi connectivity index (χ0v) is 9.40. The number of benzene rings is 1. The van der Waals surface area contributed by atoms with Crippen molar-refractivity contribution in [1.29, 1.82) is 0 Å². The van der Waals surface area contributed by atoms with E-state index in [-0.39, 0.29) is 28.7 Å². The van der Waals surface area contributed by atoms with Gasteiger partial charge in [-0.25, -0.2) is 4.79 Å². The number of nitrogens with two attached hydrogens (primary N) is 1. The van der Waals surface area contributed by atoms with Gasteiger partial charge in [-0.1, -0.05) is 0 Å². The highest BCUT2D eigenvalue weighted by molar-refractivity contribution is 6.06. The number of Topliss-reactive ketones (excluding diaryl/α,β-unsaturated/α-hetero) is 1. The first-order chi connectivity index (χ1) is 8.06. The van der Waals surface area contributed by atoms with Crippen molar-refractivity contribution < 1.29 is 19.4 Å². The first kappa shape index (κ1) is 11.4. The van der Waals surface area contributed by atoms with Gasteiger partial charge in [0, 0.05) is 11.5 Å². The second-order valence-corrected chi connectivity index (χ2v) is 4.05. The summed E-state index contributed by atoms with van der Waals surface area (Å²) in [4.78, 5) is 22.8. The van der Waals surface area contributed by atoms with Gasteiger partial charge in [-0.05, 0) is 25.0 Å². The van der Waals surface area contributed by atoms with Crippen LogP contribution in [-0.2, 0) is 0 Å². The summed E-state index contributed by atoms with van der Waals surface area (Å²) in [5.41, 5.74) is 6.23. The molecule has 0 aliphatic heterocycles. The molecule has 3 N–H and O–H groups in total. The van der Waals surface area contributed by atoms with Crippen molar-refractivity contribution in [3.05, 3.63) is 23.3 Å². The van der Waals surface area contributed by atoms with Crippen LogP contribution >= 0.6 is 0 Å². The highest BCUT2D eigenvalue weighted by atomic mass is 16.5. The van der Waals surface area contributed by atoms with Crippen molar-refractivity contribution in [2.75, 3.05) is 12.8 Å². The second-order valence-electron chi connectivity index (χ2n) is 4.05. The van der Waals surface area contributed by atoms with Gasteiger partial charge in [0.2, 0.25) is 0 Å². The minimum atomic E-state index is -1.13. The number of carboxylic acids is 1. The lowest BCUT2D eigenvalue weighted by Crippen LogP contribution is -2.10. The molecule has 1 aromatic carbocycles. The molecule has 1 fully saturated rings. The van der Waals surface area contributed by atoms with Crippen LogP contribution in [0, 0.1) is 5.92 Å². The highest BCUT2D eigenvalue weighted by Gasteiger charge is 2.32. The van der Waals surface area contributed by atoms with Gasteiger partial charge in [0.15, 0.2) is 11.5 Å². The van der Waals surface area contributed by atoms with Gasteiger partial charge >= 0.3 is 5.97 Å². The van der Waals surface area contributed by atoms with Crippen LogP contribution in [0.2, 0.25) is 0 Å². The summed E-state index contributed by atoms with van der Waals surface area (Å²) in [7, 11) is 1.34. The molecule has 0 heterocycles. The summed E-state index contributed by atoms with van der Waals surface area (Å²) in [6, 6.07) is 2.81. The van der Waals surface area contributed by atoms with Gasteiger partial charge in [0.05, 0.1) is 12.8 Å². The number of methoxy groups -OCH3 is 1. The Morgan fingerprint density at radius 2 is 1.94 bits per heavy atom. The average Bonchev–Trinajstić information content (AvgIpc) is 3.11. The first-order valence-electron chi connectivity index (χ1n) is 5.30. The Kier molecular flexibility index (Phi) is 2.75. The molecule has 5 heteroatoms. The summed E-state index contributed by atoms with van der Waals surface area (Å²) in [5.74, 6) is -1.06. The second kappa shape index (κ2) is 4.08. The molecule has 0 spiro atoms. The molecule has 0 atom stereocenters. The third-order valence-electron chi connectivity index (χ3n) is 2.84. The van der Waals surface area contributed by atoms with E-state index in [0.717, 1.165) is 12.8 Å². The molecule has 0 amide bonds. The molecule has 1 saturated carbocycles. The van der Waals surface area contributed by atoms with Gasteiger partial charge in [0.25, 0.3) is 0 Å². The Labute approximate surface area is 98.2 Å². The molecule has 1 aliphatic rings. The van der Waals surface area contributed by atoms with Crippen LogP contribution in [0.5, 0.6) is 5.75 Å². The molecule has 5 nitrogen and oxygen atoms in total. The normalized spacial score (nSPS) is 14.4. The summed E-state index contributed by atoms with van der Waals surface area (Å²) >= 11 is 0. The molecule has 2 rings (SSSR count). The van der Waals surface area contributed by atoms with Crippen molar-refractivity contribution in [2.24, 2.45) is 5.92 Å². The van der Waals surface area contributed by atoms with Crippen LogP contribution in [0.4, 0.5) is 5.69 Å². The summed E-state index contributed by atoms with van der Waals surface area (Å²) in [5, 5.41) is 8.95. The van der Waals surface area contributed by atoms with Crippen molar-refractivity contribution in [3.8, 4) is 5.75 Å². The van der Waals surface area contributed by atoms with Crippen molar-refractivity contribution in [1.82, 2.24) is 0 Å². The minimum absolute atomic E-state index is 0.0299. The maximum atomic E-state index is 11.9. The zero-order valence-electron chi connectivity index (χ0n) is 9.40. The van der Waals surface area contributed by atoms with E-state index in [1.807, 2.05) is 0 Å². The Bertz CT molecular complexity index is 492. The van der Waals surface area contributed by atoms with Gasteiger partial charge in [0.1, 0.15) is 5.56 Å². The molecule has 0 radical (unpaired) electrons. The Hall–Kier alpha value is -2.04. The van der Waals surface area contributed by atoms with Crippen molar-refractivity contribution in [3.63, 3.8) is 0 Å². The summed E-state index contributed by atoms with van der Waals surface area (Å²) < 4.78 is 4.97. The topological polar surface area (TPSA) is 89.6 Å². The van der Waals surface area contributed by atoms with E-state index in [0.29, 0.717) is 5.56 Å². The number of aromatic carboxylic acids is 1. The number of hydrogen-bond donors (Lipinski definition) is 2. The molecule has 0 unspecified atom stereocenters. The number of anilines is 1. The van der Waals surface area contributed by atoms with E-state index in [9.17, 15) is 9.59 Å². The van der Waals surface area contributed by atoms with E-state index in [1.54, 1.807) is 0 Å². The monoisotopic (exact) mass is 235 g/mol. The molecule has 1 aliphatic carbocycles. The Morgan fingerprint density at radius 1 is 1.35 bits per heavy atom. The average molecular weight is 235 g/mol. The lowest BCUT2D eigenvalue weighted by atomic mass is 10.0. The van der Waals surface area contributed by atoms with E-state index in [4.69, 9.17) is 15.6 Å². The van der Waals surface area contributed by atoms with Crippen LogP contribution in [0.3, 0.4) is 0 Å². The molecule has 1 aromatic rings. The van der Waals surface area contributed by atoms with Crippen LogP contribution in [0.15, 0.2) is 12.1 Å². The number of carbonyl (C=O) groups is 2. The quantitative estimate of drug-likeness (QED) is 0.610. The maximum Gasteiger partial charge on any atom is 0.339 e. The van der Waals surface area contributed by atoms with Crippen LogP contribution < -0.4 is 10.5 Å². The predicted molar refractivity (Wildman–Crippen MR) is 61.4 cm³/mol. The third-order valence-corrected chi connectivity index (χ3v) is 2.84. The van der Waals surface area contributed by atoms with Gasteiger partial charge in [-0.15, -0.1) is 0 Å². The van der Waals surface area contributed by atoms with Crippen LogP contribution in [-0.4, -0.2) is 24.0 Å². The fourth-order valence-corrected chi connectivity index (χ4v) is 1.77. The lowest BCUT2D eigenvalue weighted by molar-refractivity contribution is 0.0692. The van der Waals surface area contributed by atoms with Crippen molar-refractivity contribution in [2.45, 2.75) is 12.8 Å². The first-order valence-corrected chi connectivity index (χ1v) is 5.30. The summed E-state index contributed by atoms with van der Waals surface area (Å²) in [6.45, 7) is 0. The molecule has 0 bridgehead atoms. The zero-order chi connectivity index (χ0) is 12.6. The van der Waals surface area contributed by atoms with E-state index < -0.39 is 5.97 Å². The lowest BCUT2D eigenvalue weighted by Gasteiger charge is -2.11. The number of nitrogen functional groups attached to an aromatic ring is 1. The van der Waals surface area contributed by atoms with E-state index in [1.165, 1.54) is 19.2 Å². The predicted octanol–water partition coefficient (Wildman–Crippen LogP) is 1.57. The fraction of sp³-hybridized carbons (Fsp3) is 0.333. The van der Waals surface area contributed by atoms with Crippen LogP contribution in [0.25, 0.3) is 0 Å². The SMILES string of the molecule is COc1c(C(=O)O)ccc(C(=O)C2CC2)c1N. The number of rotatable bonds is 4. The Morgan fingerprint density at radius 3 is 2.41 bits per heavy atom. The number of carboxylic acid groups (broad SMARTS) is 1. The molecule has 0 aromatic heterocycles.